The van der Waals surface area contributed by atoms with Gasteiger partial charge < -0.3 is 4.74 Å². The Hall–Kier alpha value is -1.53. The van der Waals surface area contributed by atoms with Crippen LogP contribution < -0.4 is 5.56 Å². The van der Waals surface area contributed by atoms with Gasteiger partial charge >= 0.3 is 5.97 Å². The number of nitrogens with zero attached hydrogens (tertiary/aromatic N) is 2. The molecule has 1 atom stereocenters. The molecule has 1 aromatic carbocycles. The number of esters is 1. The molecule has 118 valence electrons. The van der Waals surface area contributed by atoms with Crippen molar-refractivity contribution in [2.24, 2.45) is 0 Å². The molecule has 0 aliphatic carbocycles. The van der Waals surface area contributed by atoms with Gasteiger partial charge in [-0.05, 0) is 39.0 Å². The molecule has 1 heterocycles. The quantitative estimate of drug-likeness (QED) is 0.485. The molecule has 0 bridgehead atoms. The summed E-state index contributed by atoms with van der Waals surface area (Å²) in [6, 6.07) is 4.91. The lowest BCUT2D eigenvalue weighted by Crippen LogP contribution is -2.26. The third kappa shape index (κ3) is 3.28. The minimum absolute atomic E-state index is 0.0765. The summed E-state index contributed by atoms with van der Waals surface area (Å²) in [7, 11) is 1.34. The zero-order valence-corrected chi connectivity index (χ0v) is 14.4. The summed E-state index contributed by atoms with van der Waals surface area (Å²) in [4.78, 5) is 28.8. The van der Waals surface area contributed by atoms with Crippen molar-refractivity contribution in [3.8, 4) is 0 Å². The first kappa shape index (κ1) is 16.8. The normalized spacial score (nSPS) is 12.6. The molecule has 0 unspecified atom stereocenters. The highest BCUT2D eigenvalue weighted by atomic mass is 35.5. The van der Waals surface area contributed by atoms with Gasteiger partial charge in [0.2, 0.25) is 0 Å². The van der Waals surface area contributed by atoms with Crippen LogP contribution in [0.5, 0.6) is 0 Å². The van der Waals surface area contributed by atoms with E-state index in [4.69, 9.17) is 16.3 Å². The number of hydrogen-bond acceptors (Lipinski definition) is 5. The average molecular weight is 341 g/mol. The lowest BCUT2D eigenvalue weighted by molar-refractivity contribution is -0.139. The standard InChI is InChI=1S/C15H17ClN2O3S/c1-8(2)18-13(19)11-6-5-10(16)7-12(11)17-15(18)22-9(3)14(20)21-4/h5-9H,1-4H3/t9-/m0/s1. The maximum atomic E-state index is 12.7. The first-order valence-electron chi connectivity index (χ1n) is 6.81. The number of hydrogen-bond donors (Lipinski definition) is 0. The molecular weight excluding hydrogens is 324 g/mol. The molecule has 0 aliphatic rings. The van der Waals surface area contributed by atoms with Crippen molar-refractivity contribution in [3.05, 3.63) is 33.6 Å². The number of thioether (sulfide) groups is 1. The van der Waals surface area contributed by atoms with Crippen LogP contribution in [0, 0.1) is 0 Å². The van der Waals surface area contributed by atoms with Crippen LogP contribution in [0.4, 0.5) is 0 Å². The molecule has 0 saturated carbocycles. The second-order valence-electron chi connectivity index (χ2n) is 5.11. The highest BCUT2D eigenvalue weighted by Gasteiger charge is 2.21. The van der Waals surface area contributed by atoms with Crippen molar-refractivity contribution in [1.29, 1.82) is 0 Å². The van der Waals surface area contributed by atoms with Crippen LogP contribution in [0.3, 0.4) is 0 Å². The minimum atomic E-state index is -0.460. The molecule has 2 rings (SSSR count). The Balaban J connectivity index is 2.63. The third-order valence-corrected chi connectivity index (χ3v) is 4.44. The van der Waals surface area contributed by atoms with E-state index in [0.29, 0.717) is 21.1 Å². The Labute approximate surface area is 137 Å². The Bertz CT molecular complexity index is 773. The predicted molar refractivity (Wildman–Crippen MR) is 88.7 cm³/mol. The van der Waals surface area contributed by atoms with Crippen molar-refractivity contribution in [2.75, 3.05) is 7.11 Å². The summed E-state index contributed by atoms with van der Waals surface area (Å²) >= 11 is 7.17. The van der Waals surface area contributed by atoms with Crippen LogP contribution >= 0.6 is 23.4 Å². The first-order chi connectivity index (χ1) is 10.3. The zero-order valence-electron chi connectivity index (χ0n) is 12.8. The summed E-state index contributed by atoms with van der Waals surface area (Å²) in [5.74, 6) is -0.360. The third-order valence-electron chi connectivity index (χ3n) is 3.16. The fourth-order valence-electron chi connectivity index (χ4n) is 2.06. The fourth-order valence-corrected chi connectivity index (χ4v) is 3.30. The molecule has 0 aliphatic heterocycles. The molecule has 0 spiro atoms. The molecule has 0 saturated heterocycles. The molecule has 0 radical (unpaired) electrons. The Morgan fingerprint density at radius 1 is 1.36 bits per heavy atom. The summed E-state index contributed by atoms with van der Waals surface area (Å²) in [5.41, 5.74) is 0.380. The Morgan fingerprint density at radius 2 is 2.05 bits per heavy atom. The maximum absolute atomic E-state index is 12.7. The van der Waals surface area contributed by atoms with Gasteiger partial charge in [-0.15, -0.1) is 0 Å². The van der Waals surface area contributed by atoms with Gasteiger partial charge in [-0.2, -0.15) is 0 Å². The Morgan fingerprint density at radius 3 is 2.64 bits per heavy atom. The van der Waals surface area contributed by atoms with Crippen LogP contribution in [0.25, 0.3) is 10.9 Å². The smallest absolute Gasteiger partial charge is 0.318 e. The molecule has 0 N–H and O–H groups in total. The lowest BCUT2D eigenvalue weighted by Gasteiger charge is -2.17. The number of carbonyl (C=O) groups is 1. The number of rotatable bonds is 4. The number of halogens is 1. The monoisotopic (exact) mass is 340 g/mol. The summed E-state index contributed by atoms with van der Waals surface area (Å²) in [5, 5.41) is 1.04. The number of ether oxygens (including phenoxy) is 1. The van der Waals surface area contributed by atoms with E-state index in [1.165, 1.54) is 18.9 Å². The van der Waals surface area contributed by atoms with E-state index in [-0.39, 0.29) is 17.6 Å². The van der Waals surface area contributed by atoms with Crippen molar-refractivity contribution in [2.45, 2.75) is 37.2 Å². The molecule has 0 fully saturated rings. The van der Waals surface area contributed by atoms with E-state index in [1.807, 2.05) is 13.8 Å². The Kier molecular flexibility index (Phi) is 5.13. The van der Waals surface area contributed by atoms with E-state index in [1.54, 1.807) is 29.7 Å². The summed E-state index contributed by atoms with van der Waals surface area (Å²) in [6.07, 6.45) is 0. The lowest BCUT2D eigenvalue weighted by atomic mass is 10.2. The summed E-state index contributed by atoms with van der Waals surface area (Å²) in [6.45, 7) is 5.52. The number of methoxy groups -OCH3 is 1. The van der Waals surface area contributed by atoms with Crippen LogP contribution in [0.15, 0.2) is 28.2 Å². The van der Waals surface area contributed by atoms with E-state index in [9.17, 15) is 9.59 Å². The zero-order chi connectivity index (χ0) is 16.4. The fraction of sp³-hybridized carbons (Fsp3) is 0.400. The number of benzene rings is 1. The average Bonchev–Trinajstić information content (AvgIpc) is 2.45. The van der Waals surface area contributed by atoms with Gasteiger partial charge in [0.1, 0.15) is 5.25 Å². The highest BCUT2D eigenvalue weighted by Crippen LogP contribution is 2.26. The van der Waals surface area contributed by atoms with Gasteiger partial charge in [0.15, 0.2) is 5.16 Å². The molecule has 5 nitrogen and oxygen atoms in total. The molecule has 2 aromatic rings. The van der Waals surface area contributed by atoms with E-state index in [0.717, 1.165) is 0 Å². The molecular formula is C15H17ClN2O3S. The van der Waals surface area contributed by atoms with Crippen molar-refractivity contribution in [3.63, 3.8) is 0 Å². The topological polar surface area (TPSA) is 61.2 Å². The van der Waals surface area contributed by atoms with Crippen molar-refractivity contribution in [1.82, 2.24) is 9.55 Å². The predicted octanol–water partition coefficient (Wildman–Crippen LogP) is 3.28. The van der Waals surface area contributed by atoms with Crippen LogP contribution in [-0.2, 0) is 9.53 Å². The molecule has 0 amide bonds. The van der Waals surface area contributed by atoms with Gasteiger partial charge in [-0.1, -0.05) is 23.4 Å². The maximum Gasteiger partial charge on any atom is 0.318 e. The molecule has 7 heteroatoms. The SMILES string of the molecule is COC(=O)[C@H](C)Sc1nc2cc(Cl)ccc2c(=O)n1C(C)C. The number of fused-ring (bicyclic) bond motifs is 1. The second-order valence-corrected chi connectivity index (χ2v) is 6.85. The number of aromatic nitrogens is 2. The highest BCUT2D eigenvalue weighted by molar-refractivity contribution is 8.00. The van der Waals surface area contributed by atoms with Crippen molar-refractivity contribution >= 4 is 40.2 Å². The van der Waals surface area contributed by atoms with E-state index < -0.39 is 5.25 Å². The summed E-state index contributed by atoms with van der Waals surface area (Å²) < 4.78 is 6.31. The van der Waals surface area contributed by atoms with Gasteiger partial charge in [0, 0.05) is 11.1 Å². The van der Waals surface area contributed by atoms with E-state index in [2.05, 4.69) is 4.98 Å². The minimum Gasteiger partial charge on any atom is -0.468 e. The molecule has 22 heavy (non-hydrogen) atoms. The van der Waals surface area contributed by atoms with Gasteiger partial charge in [0.05, 0.1) is 18.0 Å². The van der Waals surface area contributed by atoms with Crippen molar-refractivity contribution < 1.29 is 9.53 Å². The molecule has 1 aromatic heterocycles. The van der Waals surface area contributed by atoms with Gasteiger partial charge in [-0.3, -0.25) is 14.2 Å². The van der Waals surface area contributed by atoms with Crippen LogP contribution in [0.2, 0.25) is 5.02 Å². The number of carbonyl (C=O) groups excluding carboxylic acids is 1. The second kappa shape index (κ2) is 6.71. The largest absolute Gasteiger partial charge is 0.468 e. The van der Waals surface area contributed by atoms with Crippen LogP contribution in [0.1, 0.15) is 26.8 Å². The van der Waals surface area contributed by atoms with Gasteiger partial charge in [0.25, 0.3) is 5.56 Å². The van der Waals surface area contributed by atoms with E-state index >= 15 is 0 Å². The van der Waals surface area contributed by atoms with Crippen LogP contribution in [-0.4, -0.2) is 27.9 Å². The van der Waals surface area contributed by atoms with Gasteiger partial charge in [-0.25, -0.2) is 4.98 Å². The first-order valence-corrected chi connectivity index (χ1v) is 8.07.